The summed E-state index contributed by atoms with van der Waals surface area (Å²) in [4.78, 5) is 11.7. The smallest absolute Gasteiger partial charge is 0.336 e. The first-order valence-electron chi connectivity index (χ1n) is 10.0. The molecule has 0 spiro atoms. The van der Waals surface area contributed by atoms with Gasteiger partial charge in [-0.05, 0) is 24.6 Å². The van der Waals surface area contributed by atoms with E-state index in [0.29, 0.717) is 11.3 Å². The molecule has 8 nitrogen and oxygen atoms in total. The SMILES string of the molecule is Cc1cc(=O)oc2cc(O[C@@H]3O[C@@H]4CO[C@H](c5ccccc5)O[C@@H]4[C@H](O)[C@H]3O)ccc12. The molecule has 2 fully saturated rings. The second-order valence-corrected chi connectivity index (χ2v) is 7.73. The van der Waals surface area contributed by atoms with Gasteiger partial charge in [0.1, 0.15) is 35.7 Å². The number of benzene rings is 2. The van der Waals surface area contributed by atoms with Gasteiger partial charge in [0, 0.05) is 23.1 Å². The topological polar surface area (TPSA) is 108 Å². The van der Waals surface area contributed by atoms with Gasteiger partial charge in [-0.25, -0.2) is 4.79 Å². The lowest BCUT2D eigenvalue weighted by atomic mass is 9.98. The van der Waals surface area contributed by atoms with Crippen LogP contribution in [-0.2, 0) is 14.2 Å². The average molecular weight is 426 g/mol. The number of aryl methyl sites for hydroxylation is 1. The Morgan fingerprint density at radius 3 is 2.61 bits per heavy atom. The highest BCUT2D eigenvalue weighted by molar-refractivity contribution is 5.81. The van der Waals surface area contributed by atoms with E-state index in [1.165, 1.54) is 6.07 Å². The molecule has 0 aliphatic carbocycles. The molecular weight excluding hydrogens is 404 g/mol. The van der Waals surface area contributed by atoms with Crippen molar-refractivity contribution in [2.24, 2.45) is 0 Å². The van der Waals surface area contributed by atoms with Crippen LogP contribution >= 0.6 is 0 Å². The summed E-state index contributed by atoms with van der Waals surface area (Å²) in [7, 11) is 0. The van der Waals surface area contributed by atoms with Crippen molar-refractivity contribution in [1.82, 2.24) is 0 Å². The molecule has 5 rings (SSSR count). The molecule has 162 valence electrons. The number of rotatable bonds is 3. The maximum atomic E-state index is 11.7. The Labute approximate surface area is 177 Å². The molecule has 0 radical (unpaired) electrons. The summed E-state index contributed by atoms with van der Waals surface area (Å²) in [5, 5.41) is 22.1. The zero-order valence-corrected chi connectivity index (χ0v) is 16.7. The van der Waals surface area contributed by atoms with Crippen LogP contribution < -0.4 is 10.4 Å². The van der Waals surface area contributed by atoms with Crippen LogP contribution in [0.1, 0.15) is 17.4 Å². The molecule has 0 amide bonds. The standard InChI is InChI=1S/C23H22O8/c1-12-9-18(24)29-16-10-14(7-8-15(12)16)28-23-20(26)19(25)21-17(30-23)11-27-22(31-21)13-5-3-2-4-6-13/h2-10,17,19-23,25-26H,11H2,1H3/t17-,19-,20-,21+,22+,23-/m1/s1. The van der Waals surface area contributed by atoms with Crippen molar-refractivity contribution in [3.05, 3.63) is 76.1 Å². The zero-order valence-electron chi connectivity index (χ0n) is 16.7. The van der Waals surface area contributed by atoms with Crippen LogP contribution in [0.25, 0.3) is 11.0 Å². The van der Waals surface area contributed by atoms with E-state index in [1.807, 2.05) is 37.3 Å². The average Bonchev–Trinajstić information content (AvgIpc) is 2.77. The number of hydrogen-bond donors (Lipinski definition) is 2. The van der Waals surface area contributed by atoms with Gasteiger partial charge in [-0.1, -0.05) is 30.3 Å². The largest absolute Gasteiger partial charge is 0.462 e. The molecule has 8 heteroatoms. The first-order chi connectivity index (χ1) is 15.0. The van der Waals surface area contributed by atoms with E-state index in [0.717, 1.165) is 16.5 Å². The molecule has 3 heterocycles. The fourth-order valence-electron chi connectivity index (χ4n) is 3.97. The second kappa shape index (κ2) is 8.07. The third kappa shape index (κ3) is 3.84. The minimum Gasteiger partial charge on any atom is -0.462 e. The monoisotopic (exact) mass is 426 g/mol. The number of aliphatic hydroxyl groups is 2. The molecule has 31 heavy (non-hydrogen) atoms. The maximum Gasteiger partial charge on any atom is 0.336 e. The fraction of sp³-hybridized carbons (Fsp3) is 0.348. The highest BCUT2D eigenvalue weighted by Crippen LogP contribution is 2.35. The zero-order chi connectivity index (χ0) is 21.5. The van der Waals surface area contributed by atoms with Gasteiger partial charge < -0.3 is 33.6 Å². The number of fused-ring (bicyclic) bond motifs is 2. The van der Waals surface area contributed by atoms with E-state index >= 15 is 0 Å². The van der Waals surface area contributed by atoms with Crippen molar-refractivity contribution >= 4 is 11.0 Å². The lowest BCUT2D eigenvalue weighted by Gasteiger charge is -2.46. The van der Waals surface area contributed by atoms with Gasteiger partial charge in [-0.3, -0.25) is 0 Å². The lowest BCUT2D eigenvalue weighted by Crippen LogP contribution is -2.62. The van der Waals surface area contributed by atoms with Gasteiger partial charge in [0.2, 0.25) is 6.29 Å². The summed E-state index contributed by atoms with van der Waals surface area (Å²) in [6, 6.07) is 15.8. The summed E-state index contributed by atoms with van der Waals surface area (Å²) >= 11 is 0. The van der Waals surface area contributed by atoms with Crippen LogP contribution in [0.4, 0.5) is 0 Å². The second-order valence-electron chi connectivity index (χ2n) is 7.73. The molecule has 3 aromatic rings. The Bertz CT molecular complexity index is 1130. The predicted molar refractivity (Wildman–Crippen MR) is 109 cm³/mol. The minimum atomic E-state index is -1.35. The molecular formula is C23H22O8. The Hall–Kier alpha value is -2.75. The molecule has 6 atom stereocenters. The van der Waals surface area contributed by atoms with Crippen LogP contribution in [0.3, 0.4) is 0 Å². The van der Waals surface area contributed by atoms with Crippen molar-refractivity contribution in [2.45, 2.75) is 43.9 Å². The van der Waals surface area contributed by atoms with Gasteiger partial charge in [0.25, 0.3) is 0 Å². The van der Waals surface area contributed by atoms with Crippen molar-refractivity contribution in [3.8, 4) is 5.75 Å². The Kier molecular flexibility index (Phi) is 5.25. The minimum absolute atomic E-state index is 0.166. The third-order valence-corrected chi connectivity index (χ3v) is 5.58. The summed E-state index contributed by atoms with van der Waals surface area (Å²) in [5.74, 6) is 0.329. The number of hydrogen-bond acceptors (Lipinski definition) is 8. The molecule has 2 aromatic carbocycles. The molecule has 2 N–H and O–H groups in total. The van der Waals surface area contributed by atoms with Crippen molar-refractivity contribution in [3.63, 3.8) is 0 Å². The van der Waals surface area contributed by atoms with Gasteiger partial charge >= 0.3 is 5.63 Å². The first kappa shape index (κ1) is 20.2. The first-order valence-corrected chi connectivity index (χ1v) is 10.0. The highest BCUT2D eigenvalue weighted by atomic mass is 16.8. The van der Waals surface area contributed by atoms with Crippen LogP contribution in [0.2, 0.25) is 0 Å². The molecule has 0 saturated carbocycles. The van der Waals surface area contributed by atoms with Gasteiger partial charge in [-0.2, -0.15) is 0 Å². The fourth-order valence-corrected chi connectivity index (χ4v) is 3.97. The van der Waals surface area contributed by atoms with E-state index in [1.54, 1.807) is 18.2 Å². The molecule has 1 aromatic heterocycles. The van der Waals surface area contributed by atoms with Gasteiger partial charge in [0.15, 0.2) is 6.29 Å². The van der Waals surface area contributed by atoms with E-state index in [2.05, 4.69) is 0 Å². The van der Waals surface area contributed by atoms with Gasteiger partial charge in [-0.15, -0.1) is 0 Å². The van der Waals surface area contributed by atoms with Crippen LogP contribution in [-0.4, -0.2) is 47.5 Å². The van der Waals surface area contributed by atoms with E-state index in [4.69, 9.17) is 23.4 Å². The molecule has 2 aliphatic rings. The molecule has 2 saturated heterocycles. The summed E-state index contributed by atoms with van der Waals surface area (Å²) in [5.41, 5.74) is 1.50. The Morgan fingerprint density at radius 2 is 1.81 bits per heavy atom. The van der Waals surface area contributed by atoms with Crippen molar-refractivity contribution < 1.29 is 33.6 Å². The quantitative estimate of drug-likeness (QED) is 0.613. The summed E-state index contributed by atoms with van der Waals surface area (Å²) in [6.45, 7) is 1.98. The molecule has 0 bridgehead atoms. The lowest BCUT2D eigenvalue weighted by molar-refractivity contribution is -0.350. The maximum absolute atomic E-state index is 11.7. The normalized spacial score (nSPS) is 30.7. The summed E-state index contributed by atoms with van der Waals surface area (Å²) < 4.78 is 28.5. The molecule has 0 unspecified atom stereocenters. The Morgan fingerprint density at radius 1 is 1.00 bits per heavy atom. The van der Waals surface area contributed by atoms with Crippen molar-refractivity contribution in [2.75, 3.05) is 6.61 Å². The Balaban J connectivity index is 1.33. The third-order valence-electron chi connectivity index (χ3n) is 5.58. The van der Waals surface area contributed by atoms with E-state index < -0.39 is 42.6 Å². The predicted octanol–water partition coefficient (Wildman–Crippen LogP) is 2.04. The van der Waals surface area contributed by atoms with Gasteiger partial charge in [0.05, 0.1) is 6.61 Å². The van der Waals surface area contributed by atoms with Crippen LogP contribution in [0.5, 0.6) is 5.75 Å². The molecule has 2 aliphatic heterocycles. The number of ether oxygens (including phenoxy) is 4. The summed E-state index contributed by atoms with van der Waals surface area (Å²) in [6.07, 6.45) is -5.78. The number of aliphatic hydroxyl groups excluding tert-OH is 2. The van der Waals surface area contributed by atoms with Crippen molar-refractivity contribution in [1.29, 1.82) is 0 Å². The van der Waals surface area contributed by atoms with Crippen LogP contribution in [0.15, 0.2) is 63.8 Å². The van der Waals surface area contributed by atoms with Crippen LogP contribution in [0, 0.1) is 6.92 Å². The van der Waals surface area contributed by atoms with E-state index in [9.17, 15) is 15.0 Å². The van der Waals surface area contributed by atoms with E-state index in [-0.39, 0.29) is 6.61 Å². The highest BCUT2D eigenvalue weighted by Gasteiger charge is 2.49.